The van der Waals surface area contributed by atoms with Gasteiger partial charge in [-0.15, -0.1) is 0 Å². The van der Waals surface area contributed by atoms with Crippen LogP contribution in [-0.2, 0) is 30.4 Å². The number of hydrogen-bond donors (Lipinski definition) is 3. The minimum absolute atomic E-state index is 0.170. The van der Waals surface area contributed by atoms with E-state index in [2.05, 4.69) is 22.0 Å². The van der Waals surface area contributed by atoms with Gasteiger partial charge in [-0.3, -0.25) is 14.4 Å². The number of methoxy groups -OCH3 is 1. The highest BCUT2D eigenvalue weighted by Gasteiger charge is 2.60. The van der Waals surface area contributed by atoms with E-state index in [4.69, 9.17) is 9.47 Å². The van der Waals surface area contributed by atoms with Crippen LogP contribution in [0.15, 0.2) is 36.4 Å². The van der Waals surface area contributed by atoms with Crippen molar-refractivity contribution in [3.05, 3.63) is 47.5 Å². The van der Waals surface area contributed by atoms with Crippen LogP contribution in [0, 0.1) is 5.92 Å². The number of ether oxygens (including phenoxy) is 2. The fourth-order valence-electron chi connectivity index (χ4n) is 5.81. The van der Waals surface area contributed by atoms with Gasteiger partial charge in [0.15, 0.2) is 0 Å². The van der Waals surface area contributed by atoms with E-state index in [1.807, 2.05) is 6.08 Å². The van der Waals surface area contributed by atoms with E-state index in [1.54, 1.807) is 45.0 Å². The van der Waals surface area contributed by atoms with Crippen molar-refractivity contribution < 1.29 is 33.4 Å². The Morgan fingerprint density at radius 2 is 1.88 bits per heavy atom. The molecule has 0 spiro atoms. The zero-order valence-electron chi connectivity index (χ0n) is 25.6. The molecule has 0 radical (unpaired) electrons. The monoisotopic (exact) mass is 596 g/mol. The van der Waals surface area contributed by atoms with E-state index in [1.165, 1.54) is 12.0 Å². The molecular formula is C32H44N4O7. The smallest absolute Gasteiger partial charge is 0.408 e. The van der Waals surface area contributed by atoms with Crippen LogP contribution in [0.25, 0.3) is 0 Å². The number of amides is 4. The zero-order valence-corrected chi connectivity index (χ0v) is 25.6. The van der Waals surface area contributed by atoms with E-state index >= 15 is 0 Å². The molecule has 43 heavy (non-hydrogen) atoms. The third-order valence-electron chi connectivity index (χ3n) is 8.13. The summed E-state index contributed by atoms with van der Waals surface area (Å²) in [5, 5.41) is 8.69. The summed E-state index contributed by atoms with van der Waals surface area (Å²) in [4.78, 5) is 67.1. The lowest BCUT2D eigenvalue weighted by molar-refractivity contribution is -0.141. The maximum atomic E-state index is 13.7. The molecule has 234 valence electrons. The van der Waals surface area contributed by atoms with Crippen LogP contribution >= 0.6 is 0 Å². The van der Waals surface area contributed by atoms with Crippen molar-refractivity contribution in [3.63, 3.8) is 0 Å². The Hall–Kier alpha value is -3.89. The van der Waals surface area contributed by atoms with Crippen LogP contribution in [0.4, 0.5) is 4.79 Å². The van der Waals surface area contributed by atoms with Crippen molar-refractivity contribution in [1.82, 2.24) is 20.9 Å². The average molecular weight is 597 g/mol. The maximum absolute atomic E-state index is 13.7. The Morgan fingerprint density at radius 1 is 1.09 bits per heavy atom. The number of benzene rings is 1. The zero-order chi connectivity index (χ0) is 31.2. The minimum Gasteiger partial charge on any atom is -0.465 e. The molecule has 11 heteroatoms. The third-order valence-corrected chi connectivity index (χ3v) is 8.13. The van der Waals surface area contributed by atoms with E-state index in [9.17, 15) is 24.0 Å². The fraction of sp³-hybridized carbons (Fsp3) is 0.594. The first-order valence-electron chi connectivity index (χ1n) is 15.2. The first-order chi connectivity index (χ1) is 20.4. The van der Waals surface area contributed by atoms with Crippen LogP contribution in [0.2, 0.25) is 0 Å². The van der Waals surface area contributed by atoms with Crippen molar-refractivity contribution in [2.75, 3.05) is 13.7 Å². The van der Waals surface area contributed by atoms with E-state index in [0.717, 1.165) is 31.2 Å². The summed E-state index contributed by atoms with van der Waals surface area (Å²) in [6, 6.07) is 5.26. The first-order valence-corrected chi connectivity index (χ1v) is 15.2. The lowest BCUT2D eigenvalue weighted by Crippen LogP contribution is -2.57. The molecule has 2 aliphatic heterocycles. The molecule has 0 aromatic heterocycles. The summed E-state index contributed by atoms with van der Waals surface area (Å²) in [6.07, 6.45) is 8.68. The predicted octanol–water partition coefficient (Wildman–Crippen LogP) is 3.37. The van der Waals surface area contributed by atoms with Gasteiger partial charge in [-0.2, -0.15) is 0 Å². The molecule has 4 amide bonds. The highest BCUT2D eigenvalue weighted by Crippen LogP contribution is 2.45. The molecule has 4 rings (SSSR count). The molecule has 1 saturated heterocycles. The van der Waals surface area contributed by atoms with Crippen molar-refractivity contribution in [2.24, 2.45) is 5.92 Å². The number of allylic oxidation sites excluding steroid dienone is 1. The van der Waals surface area contributed by atoms with Gasteiger partial charge in [0.2, 0.25) is 17.7 Å². The fourth-order valence-corrected chi connectivity index (χ4v) is 5.81. The van der Waals surface area contributed by atoms with Crippen LogP contribution < -0.4 is 16.0 Å². The number of rotatable bonds is 5. The van der Waals surface area contributed by atoms with Gasteiger partial charge in [0.05, 0.1) is 12.7 Å². The van der Waals surface area contributed by atoms with E-state index in [-0.39, 0.29) is 30.2 Å². The Bertz CT molecular complexity index is 1260. The molecule has 3 N–H and O–H groups in total. The molecule has 1 saturated carbocycles. The van der Waals surface area contributed by atoms with Gasteiger partial charge < -0.3 is 30.3 Å². The van der Waals surface area contributed by atoms with Crippen LogP contribution in [0.3, 0.4) is 0 Å². The number of nitrogens with one attached hydrogen (secondary N) is 3. The molecule has 2 fully saturated rings. The highest BCUT2D eigenvalue weighted by molar-refractivity contribution is 5.98. The summed E-state index contributed by atoms with van der Waals surface area (Å²) in [5.41, 5.74) is -0.735. The summed E-state index contributed by atoms with van der Waals surface area (Å²) in [6.45, 7) is 5.84. The Balaban J connectivity index is 1.50. The number of alkyl carbamates (subject to hydrolysis) is 1. The second-order valence-electron chi connectivity index (χ2n) is 12.6. The second kappa shape index (κ2) is 13.6. The largest absolute Gasteiger partial charge is 0.465 e. The quantitative estimate of drug-likeness (QED) is 0.349. The van der Waals surface area contributed by atoms with Gasteiger partial charge in [0.25, 0.3) is 0 Å². The Labute approximate surface area is 253 Å². The number of hydrogen-bond acceptors (Lipinski definition) is 7. The first kappa shape index (κ1) is 32.0. The van der Waals surface area contributed by atoms with Crippen LogP contribution in [-0.4, -0.2) is 71.6 Å². The molecule has 1 aromatic carbocycles. The van der Waals surface area contributed by atoms with E-state index < -0.39 is 35.3 Å². The minimum atomic E-state index is -1.13. The molecular weight excluding hydrogens is 552 g/mol. The van der Waals surface area contributed by atoms with Crippen molar-refractivity contribution in [1.29, 1.82) is 0 Å². The summed E-state index contributed by atoms with van der Waals surface area (Å²) in [7, 11) is 1.31. The second-order valence-corrected chi connectivity index (χ2v) is 12.6. The number of fused-ring (bicyclic) bond motifs is 2. The highest BCUT2D eigenvalue weighted by atomic mass is 16.6. The van der Waals surface area contributed by atoms with Crippen LogP contribution in [0.1, 0.15) is 88.1 Å². The third kappa shape index (κ3) is 8.14. The van der Waals surface area contributed by atoms with Gasteiger partial charge >= 0.3 is 12.1 Å². The van der Waals surface area contributed by atoms with E-state index in [0.29, 0.717) is 37.8 Å². The van der Waals surface area contributed by atoms with Gasteiger partial charge in [0.1, 0.15) is 23.2 Å². The molecule has 4 atom stereocenters. The number of nitrogens with zero attached hydrogens (tertiary/aromatic N) is 1. The molecule has 0 unspecified atom stereocenters. The number of carbonyl (C=O) groups excluding carboxylic acids is 5. The molecule has 2 heterocycles. The standard InChI is InChI=1S/C32H44N4O7/c1-31(2,3)43-30(41)34-24-15-9-7-5-6-8-14-23-19-32(23,35-26(37)25-16-11-17-36(25)27(24)38)29(40)33-20-21-12-10-13-22(18-21)28(39)42-4/h8,10,12-14,18,23-25H,5-7,9,11,15-17,19-20H2,1-4H3,(H,33,40)(H,34,41)(H,35,37)/b14-8-/t23-,24+,25+,32-/m1/s1. The van der Waals surface area contributed by atoms with Gasteiger partial charge in [-0.1, -0.05) is 37.1 Å². The van der Waals surface area contributed by atoms with Crippen molar-refractivity contribution >= 4 is 29.8 Å². The van der Waals surface area contributed by atoms with Crippen molar-refractivity contribution in [2.45, 2.75) is 102 Å². The lowest BCUT2D eigenvalue weighted by Gasteiger charge is -2.30. The lowest BCUT2D eigenvalue weighted by atomic mass is 10.0. The summed E-state index contributed by atoms with van der Waals surface area (Å²) in [5.74, 6) is -1.64. The molecule has 1 aliphatic carbocycles. The Morgan fingerprint density at radius 3 is 2.63 bits per heavy atom. The Kier molecular flexibility index (Phi) is 10.1. The SMILES string of the molecule is COC(=O)c1cccc(CNC(=O)[C@@]23C[C@H]2/C=C\CCCCC[C@H](NC(=O)OC(C)(C)C)C(=O)N2CCC[C@H]2C(=O)N3)c1. The summed E-state index contributed by atoms with van der Waals surface area (Å²) < 4.78 is 10.2. The number of esters is 1. The maximum Gasteiger partial charge on any atom is 0.408 e. The summed E-state index contributed by atoms with van der Waals surface area (Å²) >= 11 is 0. The normalized spacial score (nSPS) is 26.9. The topological polar surface area (TPSA) is 143 Å². The van der Waals surface area contributed by atoms with Gasteiger partial charge in [0, 0.05) is 19.0 Å². The number of carbonyl (C=O) groups is 5. The van der Waals surface area contributed by atoms with Gasteiger partial charge in [-0.25, -0.2) is 9.59 Å². The molecule has 0 bridgehead atoms. The molecule has 11 nitrogen and oxygen atoms in total. The molecule has 1 aromatic rings. The predicted molar refractivity (Wildman–Crippen MR) is 159 cm³/mol. The van der Waals surface area contributed by atoms with Crippen LogP contribution in [0.5, 0.6) is 0 Å². The van der Waals surface area contributed by atoms with Crippen molar-refractivity contribution in [3.8, 4) is 0 Å². The molecule has 3 aliphatic rings. The van der Waals surface area contributed by atoms with Gasteiger partial charge in [-0.05, 0) is 77.0 Å². The average Bonchev–Trinajstić information content (AvgIpc) is 3.42.